The number of halogens is 1. The SMILES string of the molecule is CCN(Cc1ccccc1)C(=O)CNC(=NC)NCCc1ccccc1OC.I. The van der Waals surface area contributed by atoms with Crippen molar-refractivity contribution in [2.75, 3.05) is 33.8 Å². The molecule has 0 saturated carbocycles. The molecular weight excluding hydrogens is 479 g/mol. The second-order valence-electron chi connectivity index (χ2n) is 6.31. The van der Waals surface area contributed by atoms with E-state index in [-0.39, 0.29) is 36.4 Å². The highest BCUT2D eigenvalue weighted by molar-refractivity contribution is 14.0. The summed E-state index contributed by atoms with van der Waals surface area (Å²) in [5.74, 6) is 1.53. The van der Waals surface area contributed by atoms with E-state index in [1.54, 1.807) is 14.2 Å². The summed E-state index contributed by atoms with van der Waals surface area (Å²) in [6.07, 6.45) is 0.799. The van der Waals surface area contributed by atoms with Crippen molar-refractivity contribution in [3.05, 3.63) is 65.7 Å². The molecule has 2 N–H and O–H groups in total. The van der Waals surface area contributed by atoms with Crippen LogP contribution in [-0.4, -0.2) is 50.6 Å². The van der Waals surface area contributed by atoms with E-state index < -0.39 is 0 Å². The van der Waals surface area contributed by atoms with Gasteiger partial charge >= 0.3 is 0 Å². The fourth-order valence-corrected chi connectivity index (χ4v) is 2.90. The van der Waals surface area contributed by atoms with Gasteiger partial charge in [0.25, 0.3) is 0 Å². The quantitative estimate of drug-likeness (QED) is 0.309. The Morgan fingerprint density at radius 1 is 1.07 bits per heavy atom. The average Bonchev–Trinajstić information content (AvgIpc) is 2.75. The van der Waals surface area contributed by atoms with Crippen molar-refractivity contribution in [2.24, 2.45) is 4.99 Å². The van der Waals surface area contributed by atoms with Crippen molar-refractivity contribution < 1.29 is 9.53 Å². The molecule has 7 heteroatoms. The molecule has 0 aromatic heterocycles. The van der Waals surface area contributed by atoms with E-state index in [1.165, 1.54) is 0 Å². The highest BCUT2D eigenvalue weighted by atomic mass is 127. The van der Waals surface area contributed by atoms with E-state index in [0.717, 1.165) is 23.3 Å². The molecule has 0 aliphatic carbocycles. The maximum atomic E-state index is 12.5. The molecule has 0 saturated heterocycles. The van der Waals surface area contributed by atoms with Gasteiger partial charge in [0.05, 0.1) is 13.7 Å². The Morgan fingerprint density at radius 3 is 2.41 bits per heavy atom. The van der Waals surface area contributed by atoms with Crippen LogP contribution in [0.25, 0.3) is 0 Å². The van der Waals surface area contributed by atoms with E-state index in [4.69, 9.17) is 4.74 Å². The molecule has 0 radical (unpaired) electrons. The van der Waals surface area contributed by atoms with Crippen molar-refractivity contribution in [3.8, 4) is 5.75 Å². The van der Waals surface area contributed by atoms with Gasteiger partial charge in [-0.15, -0.1) is 24.0 Å². The van der Waals surface area contributed by atoms with Gasteiger partial charge in [0.15, 0.2) is 5.96 Å². The second-order valence-corrected chi connectivity index (χ2v) is 6.31. The number of guanidine groups is 1. The van der Waals surface area contributed by atoms with Crippen molar-refractivity contribution in [1.82, 2.24) is 15.5 Å². The molecule has 0 heterocycles. The van der Waals surface area contributed by atoms with Gasteiger partial charge in [0, 0.05) is 26.7 Å². The number of likely N-dealkylation sites (N-methyl/N-ethyl adjacent to an activating group) is 1. The Balaban J connectivity index is 0.00000420. The first-order chi connectivity index (χ1) is 13.7. The number of hydrogen-bond donors (Lipinski definition) is 2. The molecule has 2 rings (SSSR count). The number of para-hydroxylation sites is 1. The molecule has 29 heavy (non-hydrogen) atoms. The molecule has 0 aliphatic heterocycles. The van der Waals surface area contributed by atoms with Crippen molar-refractivity contribution in [1.29, 1.82) is 0 Å². The minimum atomic E-state index is 0. The Kier molecular flexibility index (Phi) is 11.8. The van der Waals surface area contributed by atoms with E-state index in [1.807, 2.05) is 66.4 Å². The number of hydrogen-bond acceptors (Lipinski definition) is 3. The summed E-state index contributed by atoms with van der Waals surface area (Å²) in [4.78, 5) is 18.6. The van der Waals surface area contributed by atoms with Crippen molar-refractivity contribution >= 4 is 35.8 Å². The number of amides is 1. The average molecular weight is 510 g/mol. The smallest absolute Gasteiger partial charge is 0.242 e. The molecule has 2 aromatic rings. The molecular formula is C22H31IN4O2. The zero-order valence-electron chi connectivity index (χ0n) is 17.4. The highest BCUT2D eigenvalue weighted by Crippen LogP contribution is 2.17. The van der Waals surface area contributed by atoms with Crippen molar-refractivity contribution in [3.63, 3.8) is 0 Å². The van der Waals surface area contributed by atoms with Crippen LogP contribution in [0.2, 0.25) is 0 Å². The summed E-state index contributed by atoms with van der Waals surface area (Å²) in [5.41, 5.74) is 2.25. The number of carbonyl (C=O) groups is 1. The Labute approximate surface area is 190 Å². The van der Waals surface area contributed by atoms with Crippen LogP contribution in [0.4, 0.5) is 0 Å². The summed E-state index contributed by atoms with van der Waals surface area (Å²) in [6.45, 7) is 4.15. The van der Waals surface area contributed by atoms with Gasteiger partial charge in [-0.1, -0.05) is 48.5 Å². The molecule has 158 valence electrons. The molecule has 1 amide bonds. The summed E-state index contributed by atoms with van der Waals surface area (Å²) in [7, 11) is 3.37. The predicted octanol–water partition coefficient (Wildman–Crippen LogP) is 3.07. The molecule has 0 unspecified atom stereocenters. The zero-order chi connectivity index (χ0) is 20.2. The predicted molar refractivity (Wildman–Crippen MR) is 129 cm³/mol. The molecule has 2 aromatic carbocycles. The Bertz CT molecular complexity index is 768. The standard InChI is InChI=1S/C22H30N4O2.HI/c1-4-26(17-18-10-6-5-7-11-18)21(27)16-25-22(23-2)24-15-14-19-12-8-9-13-20(19)28-3;/h5-13H,4,14-17H2,1-3H3,(H2,23,24,25);1H. The molecule has 0 bridgehead atoms. The van der Waals surface area contributed by atoms with Crippen LogP contribution < -0.4 is 15.4 Å². The number of nitrogens with one attached hydrogen (secondary N) is 2. The van der Waals surface area contributed by atoms with E-state index in [9.17, 15) is 4.79 Å². The van der Waals surface area contributed by atoms with Crippen LogP contribution in [0.1, 0.15) is 18.1 Å². The van der Waals surface area contributed by atoms with Crippen LogP contribution >= 0.6 is 24.0 Å². The molecule has 0 atom stereocenters. The number of benzene rings is 2. The van der Waals surface area contributed by atoms with Gasteiger partial charge < -0.3 is 20.3 Å². The Hall–Kier alpha value is -2.29. The van der Waals surface area contributed by atoms with Gasteiger partial charge in [0.1, 0.15) is 5.75 Å². The first-order valence-electron chi connectivity index (χ1n) is 9.56. The number of methoxy groups -OCH3 is 1. The zero-order valence-corrected chi connectivity index (χ0v) is 19.7. The summed E-state index contributed by atoms with van der Waals surface area (Å²) >= 11 is 0. The number of carbonyl (C=O) groups excluding carboxylic acids is 1. The lowest BCUT2D eigenvalue weighted by Crippen LogP contribution is -2.44. The third-order valence-electron chi connectivity index (χ3n) is 4.46. The lowest BCUT2D eigenvalue weighted by atomic mass is 10.1. The maximum Gasteiger partial charge on any atom is 0.242 e. The minimum Gasteiger partial charge on any atom is -0.496 e. The maximum absolute atomic E-state index is 12.5. The second kappa shape index (κ2) is 13.8. The van der Waals surface area contributed by atoms with E-state index in [0.29, 0.717) is 25.6 Å². The van der Waals surface area contributed by atoms with Crippen LogP contribution in [0.5, 0.6) is 5.75 Å². The minimum absolute atomic E-state index is 0. The molecule has 0 fully saturated rings. The van der Waals surface area contributed by atoms with Gasteiger partial charge in [-0.05, 0) is 30.5 Å². The van der Waals surface area contributed by atoms with Gasteiger partial charge in [0.2, 0.25) is 5.91 Å². The monoisotopic (exact) mass is 510 g/mol. The van der Waals surface area contributed by atoms with Crippen LogP contribution in [0.3, 0.4) is 0 Å². The third kappa shape index (κ3) is 8.31. The molecule has 0 spiro atoms. The third-order valence-corrected chi connectivity index (χ3v) is 4.46. The van der Waals surface area contributed by atoms with Crippen LogP contribution in [0.15, 0.2) is 59.6 Å². The molecule has 6 nitrogen and oxygen atoms in total. The number of nitrogens with zero attached hydrogens (tertiary/aromatic N) is 2. The van der Waals surface area contributed by atoms with Crippen LogP contribution in [0, 0.1) is 0 Å². The summed E-state index contributed by atoms with van der Waals surface area (Å²) < 4.78 is 5.37. The Morgan fingerprint density at radius 2 is 1.76 bits per heavy atom. The normalized spacial score (nSPS) is 10.7. The topological polar surface area (TPSA) is 66.0 Å². The van der Waals surface area contributed by atoms with Crippen molar-refractivity contribution in [2.45, 2.75) is 19.9 Å². The molecule has 0 aliphatic rings. The van der Waals surface area contributed by atoms with E-state index in [2.05, 4.69) is 15.6 Å². The van der Waals surface area contributed by atoms with Gasteiger partial charge in [-0.2, -0.15) is 0 Å². The lowest BCUT2D eigenvalue weighted by molar-refractivity contribution is -0.130. The first kappa shape index (κ1) is 24.7. The van der Waals surface area contributed by atoms with Gasteiger partial charge in [-0.3, -0.25) is 9.79 Å². The number of aliphatic imine (C=N–C) groups is 1. The first-order valence-corrected chi connectivity index (χ1v) is 9.56. The summed E-state index contributed by atoms with van der Waals surface area (Å²) in [5, 5.41) is 6.34. The number of rotatable bonds is 9. The fourth-order valence-electron chi connectivity index (χ4n) is 2.90. The van der Waals surface area contributed by atoms with Gasteiger partial charge in [-0.25, -0.2) is 0 Å². The fraction of sp³-hybridized carbons (Fsp3) is 0.364. The number of ether oxygens (including phenoxy) is 1. The van der Waals surface area contributed by atoms with Crippen LogP contribution in [-0.2, 0) is 17.8 Å². The highest BCUT2D eigenvalue weighted by Gasteiger charge is 2.12. The lowest BCUT2D eigenvalue weighted by Gasteiger charge is -2.22. The van der Waals surface area contributed by atoms with E-state index >= 15 is 0 Å². The summed E-state index contributed by atoms with van der Waals surface area (Å²) in [6, 6.07) is 18.0. The largest absolute Gasteiger partial charge is 0.496 e.